The normalized spacial score (nSPS) is 20.7. The molecular formula is C11H19N3O. The monoisotopic (exact) mass is 209 g/mol. The molecule has 1 aliphatic heterocycles. The molecule has 2 rings (SSSR count). The average Bonchev–Trinajstić information content (AvgIpc) is 2.85. The van der Waals surface area contributed by atoms with Crippen molar-refractivity contribution in [3.8, 4) is 5.75 Å². The van der Waals surface area contributed by atoms with Crippen molar-refractivity contribution >= 4 is 0 Å². The van der Waals surface area contributed by atoms with Crippen LogP contribution in [0.4, 0.5) is 0 Å². The summed E-state index contributed by atoms with van der Waals surface area (Å²) in [5.41, 5.74) is 0. The number of aryl methyl sites for hydroxylation is 1. The third-order valence-electron chi connectivity index (χ3n) is 2.68. The molecule has 0 aliphatic carbocycles. The molecule has 1 aliphatic rings. The van der Waals surface area contributed by atoms with Crippen LogP contribution in [0.15, 0.2) is 12.4 Å². The number of hydrogen-bond acceptors (Lipinski definition) is 3. The van der Waals surface area contributed by atoms with Crippen LogP contribution in [-0.4, -0.2) is 29.0 Å². The number of aromatic nitrogens is 2. The highest BCUT2D eigenvalue weighted by molar-refractivity contribution is 5.11. The van der Waals surface area contributed by atoms with Crippen molar-refractivity contribution in [3.63, 3.8) is 0 Å². The summed E-state index contributed by atoms with van der Waals surface area (Å²) in [6, 6.07) is 0.527. The van der Waals surface area contributed by atoms with Gasteiger partial charge in [0.05, 0.1) is 12.4 Å². The standard InChI is InChI=1S/C11H19N3O/c1-2-6-14-8-11(7-13-14)15-9-10-4-3-5-12-10/h7-8,10,12H,2-6,9H2,1H3/t10-/m1/s1. The molecule has 4 nitrogen and oxygen atoms in total. The summed E-state index contributed by atoms with van der Waals surface area (Å²) in [5.74, 6) is 0.886. The van der Waals surface area contributed by atoms with Crippen LogP contribution in [0.5, 0.6) is 5.75 Å². The number of nitrogens with one attached hydrogen (secondary N) is 1. The van der Waals surface area contributed by atoms with Crippen molar-refractivity contribution < 1.29 is 4.74 Å². The maximum atomic E-state index is 5.67. The van der Waals surface area contributed by atoms with Gasteiger partial charge in [-0.1, -0.05) is 6.92 Å². The molecule has 0 unspecified atom stereocenters. The van der Waals surface area contributed by atoms with Gasteiger partial charge in [-0.25, -0.2) is 0 Å². The summed E-state index contributed by atoms with van der Waals surface area (Å²) < 4.78 is 7.60. The van der Waals surface area contributed by atoms with Crippen LogP contribution in [0.2, 0.25) is 0 Å². The van der Waals surface area contributed by atoms with Gasteiger partial charge in [-0.2, -0.15) is 5.10 Å². The van der Waals surface area contributed by atoms with E-state index in [0.29, 0.717) is 6.04 Å². The van der Waals surface area contributed by atoms with Gasteiger partial charge >= 0.3 is 0 Å². The Morgan fingerprint density at radius 2 is 2.60 bits per heavy atom. The Morgan fingerprint density at radius 3 is 3.33 bits per heavy atom. The van der Waals surface area contributed by atoms with E-state index >= 15 is 0 Å². The van der Waals surface area contributed by atoms with E-state index in [1.807, 2.05) is 10.9 Å². The third kappa shape index (κ3) is 2.96. The molecule has 1 atom stereocenters. The molecule has 0 radical (unpaired) electrons. The summed E-state index contributed by atoms with van der Waals surface area (Å²) in [7, 11) is 0. The van der Waals surface area contributed by atoms with Gasteiger partial charge in [-0.3, -0.25) is 4.68 Å². The minimum atomic E-state index is 0.527. The van der Waals surface area contributed by atoms with Gasteiger partial charge in [0.25, 0.3) is 0 Å². The molecule has 0 bridgehead atoms. The highest BCUT2D eigenvalue weighted by Gasteiger charge is 2.14. The first-order valence-electron chi connectivity index (χ1n) is 5.77. The van der Waals surface area contributed by atoms with E-state index < -0.39 is 0 Å². The van der Waals surface area contributed by atoms with Gasteiger partial charge in [0, 0.05) is 12.6 Å². The Kier molecular flexibility index (Phi) is 3.61. The third-order valence-corrected chi connectivity index (χ3v) is 2.68. The van der Waals surface area contributed by atoms with Crippen molar-refractivity contribution in [3.05, 3.63) is 12.4 Å². The second-order valence-electron chi connectivity index (χ2n) is 4.04. The van der Waals surface area contributed by atoms with E-state index in [9.17, 15) is 0 Å². The Hall–Kier alpha value is -1.03. The maximum absolute atomic E-state index is 5.67. The summed E-state index contributed by atoms with van der Waals surface area (Å²) in [6.45, 7) is 5.00. The minimum Gasteiger partial charge on any atom is -0.489 e. The topological polar surface area (TPSA) is 39.1 Å². The SMILES string of the molecule is CCCn1cc(OC[C@H]2CCCN2)cn1. The van der Waals surface area contributed by atoms with Gasteiger partial charge in [0.2, 0.25) is 0 Å². The highest BCUT2D eigenvalue weighted by Crippen LogP contribution is 2.11. The maximum Gasteiger partial charge on any atom is 0.157 e. The zero-order valence-electron chi connectivity index (χ0n) is 9.28. The van der Waals surface area contributed by atoms with Gasteiger partial charge < -0.3 is 10.1 Å². The Bertz CT molecular complexity index is 292. The second kappa shape index (κ2) is 5.16. The molecule has 2 heterocycles. The molecule has 0 aromatic carbocycles. The molecule has 15 heavy (non-hydrogen) atoms. The fraction of sp³-hybridized carbons (Fsp3) is 0.727. The van der Waals surface area contributed by atoms with Crippen molar-refractivity contribution in [1.82, 2.24) is 15.1 Å². The van der Waals surface area contributed by atoms with Crippen molar-refractivity contribution in [2.75, 3.05) is 13.2 Å². The molecular weight excluding hydrogens is 190 g/mol. The zero-order chi connectivity index (χ0) is 10.5. The predicted molar refractivity (Wildman–Crippen MR) is 59.0 cm³/mol. The average molecular weight is 209 g/mol. The minimum absolute atomic E-state index is 0.527. The van der Waals surface area contributed by atoms with Crippen LogP contribution in [0.3, 0.4) is 0 Å². The van der Waals surface area contributed by atoms with E-state index in [4.69, 9.17) is 4.74 Å². The molecule has 0 amide bonds. The van der Waals surface area contributed by atoms with Crippen LogP contribution in [0, 0.1) is 0 Å². The van der Waals surface area contributed by atoms with E-state index in [0.717, 1.165) is 31.9 Å². The van der Waals surface area contributed by atoms with Crippen molar-refractivity contribution in [2.24, 2.45) is 0 Å². The lowest BCUT2D eigenvalue weighted by Gasteiger charge is -2.09. The Morgan fingerprint density at radius 1 is 1.67 bits per heavy atom. The van der Waals surface area contributed by atoms with E-state index in [1.165, 1.54) is 12.8 Å². The summed E-state index contributed by atoms with van der Waals surface area (Å²) in [4.78, 5) is 0. The van der Waals surface area contributed by atoms with Crippen LogP contribution in [-0.2, 0) is 6.54 Å². The van der Waals surface area contributed by atoms with E-state index in [1.54, 1.807) is 6.20 Å². The summed E-state index contributed by atoms with van der Waals surface area (Å²) >= 11 is 0. The molecule has 1 N–H and O–H groups in total. The van der Waals surface area contributed by atoms with Crippen LogP contribution < -0.4 is 10.1 Å². The molecule has 1 fully saturated rings. The molecule has 1 saturated heterocycles. The number of nitrogens with zero attached hydrogens (tertiary/aromatic N) is 2. The Labute approximate surface area is 90.6 Å². The van der Waals surface area contributed by atoms with Crippen molar-refractivity contribution in [1.29, 1.82) is 0 Å². The lowest BCUT2D eigenvalue weighted by Crippen LogP contribution is -2.28. The predicted octanol–water partition coefficient (Wildman–Crippen LogP) is 1.42. The first-order chi connectivity index (χ1) is 7.38. The van der Waals surface area contributed by atoms with Crippen molar-refractivity contribution in [2.45, 2.75) is 38.8 Å². The van der Waals surface area contributed by atoms with Gasteiger partial charge in [-0.15, -0.1) is 0 Å². The highest BCUT2D eigenvalue weighted by atomic mass is 16.5. The summed E-state index contributed by atoms with van der Waals surface area (Å²) in [5, 5.41) is 7.63. The molecule has 0 saturated carbocycles. The largest absolute Gasteiger partial charge is 0.489 e. The van der Waals surface area contributed by atoms with Crippen LogP contribution >= 0.6 is 0 Å². The van der Waals surface area contributed by atoms with Crippen LogP contribution in [0.1, 0.15) is 26.2 Å². The molecule has 4 heteroatoms. The molecule has 1 aromatic heterocycles. The van der Waals surface area contributed by atoms with E-state index in [-0.39, 0.29) is 0 Å². The van der Waals surface area contributed by atoms with Gasteiger partial charge in [-0.05, 0) is 25.8 Å². The second-order valence-corrected chi connectivity index (χ2v) is 4.04. The lowest BCUT2D eigenvalue weighted by molar-refractivity contribution is 0.277. The molecule has 1 aromatic rings. The lowest BCUT2D eigenvalue weighted by atomic mass is 10.2. The summed E-state index contributed by atoms with van der Waals surface area (Å²) in [6.07, 6.45) is 7.36. The number of ether oxygens (including phenoxy) is 1. The first-order valence-corrected chi connectivity index (χ1v) is 5.77. The fourth-order valence-electron chi connectivity index (χ4n) is 1.87. The number of hydrogen-bond donors (Lipinski definition) is 1. The van der Waals surface area contributed by atoms with Gasteiger partial charge in [0.1, 0.15) is 6.61 Å². The van der Waals surface area contributed by atoms with E-state index in [2.05, 4.69) is 17.3 Å². The van der Waals surface area contributed by atoms with Gasteiger partial charge in [0.15, 0.2) is 5.75 Å². The fourth-order valence-corrected chi connectivity index (χ4v) is 1.87. The molecule has 84 valence electrons. The first kappa shape index (κ1) is 10.5. The quantitative estimate of drug-likeness (QED) is 0.797. The Balaban J connectivity index is 1.77. The smallest absolute Gasteiger partial charge is 0.157 e. The number of rotatable bonds is 5. The molecule has 0 spiro atoms. The van der Waals surface area contributed by atoms with Crippen LogP contribution in [0.25, 0.3) is 0 Å². The zero-order valence-corrected chi connectivity index (χ0v) is 9.28.